The smallest absolute Gasteiger partial charge is 0.222 e. The third kappa shape index (κ3) is 4.20. The summed E-state index contributed by atoms with van der Waals surface area (Å²) in [7, 11) is 2.23. The molecule has 1 N–H and O–H groups in total. The van der Waals surface area contributed by atoms with Crippen LogP contribution in [0.2, 0.25) is 0 Å². The zero-order valence-electron chi connectivity index (χ0n) is 13.8. The monoisotopic (exact) mass is 268 g/mol. The van der Waals surface area contributed by atoms with Gasteiger partial charge in [-0.05, 0) is 59.9 Å². The molecule has 0 spiro atoms. The van der Waals surface area contributed by atoms with Crippen molar-refractivity contribution >= 4 is 5.91 Å². The minimum absolute atomic E-state index is 0.0883. The van der Waals surface area contributed by atoms with Crippen LogP contribution in [0.3, 0.4) is 0 Å². The van der Waals surface area contributed by atoms with Crippen LogP contribution in [0.5, 0.6) is 0 Å². The van der Waals surface area contributed by atoms with Crippen molar-refractivity contribution < 1.29 is 4.79 Å². The highest BCUT2D eigenvalue weighted by atomic mass is 16.1. The molecule has 1 aliphatic rings. The van der Waals surface area contributed by atoms with Gasteiger partial charge < -0.3 is 5.32 Å². The summed E-state index contributed by atoms with van der Waals surface area (Å²) in [4.78, 5) is 14.1. The van der Waals surface area contributed by atoms with Crippen LogP contribution in [0, 0.1) is 11.8 Å². The molecule has 0 atom stereocenters. The summed E-state index contributed by atoms with van der Waals surface area (Å²) in [5, 5.41) is 3.04. The van der Waals surface area contributed by atoms with E-state index in [0.717, 1.165) is 13.0 Å². The molecule has 1 amide bonds. The Morgan fingerprint density at radius 3 is 2.11 bits per heavy atom. The van der Waals surface area contributed by atoms with Crippen molar-refractivity contribution in [1.29, 1.82) is 0 Å². The predicted molar refractivity (Wildman–Crippen MR) is 81.1 cm³/mol. The molecule has 1 aliphatic heterocycles. The highest BCUT2D eigenvalue weighted by Gasteiger charge is 2.42. The maximum atomic E-state index is 11.6. The van der Waals surface area contributed by atoms with Crippen LogP contribution in [0.25, 0.3) is 0 Å². The van der Waals surface area contributed by atoms with Crippen LogP contribution >= 0.6 is 0 Å². The van der Waals surface area contributed by atoms with Gasteiger partial charge in [0.05, 0.1) is 0 Å². The van der Waals surface area contributed by atoms with Crippen molar-refractivity contribution in [3.8, 4) is 0 Å². The second-order valence-electron chi connectivity index (χ2n) is 7.69. The van der Waals surface area contributed by atoms with Gasteiger partial charge in [-0.15, -0.1) is 0 Å². The van der Waals surface area contributed by atoms with Crippen LogP contribution in [-0.4, -0.2) is 35.5 Å². The van der Waals surface area contributed by atoms with Gasteiger partial charge in [0, 0.05) is 23.5 Å². The Hall–Kier alpha value is -0.570. The number of nitrogens with one attached hydrogen (secondary N) is 1. The van der Waals surface area contributed by atoms with Gasteiger partial charge in [-0.2, -0.15) is 0 Å². The van der Waals surface area contributed by atoms with Crippen molar-refractivity contribution in [3.63, 3.8) is 0 Å². The van der Waals surface area contributed by atoms with Gasteiger partial charge in [0.25, 0.3) is 0 Å². The average molecular weight is 268 g/mol. The van der Waals surface area contributed by atoms with Gasteiger partial charge in [0.15, 0.2) is 0 Å². The number of piperidine rings is 1. The molecule has 0 aliphatic carbocycles. The second-order valence-corrected chi connectivity index (χ2v) is 7.69. The molecule has 0 bridgehead atoms. The first-order valence-corrected chi connectivity index (χ1v) is 7.58. The van der Waals surface area contributed by atoms with Gasteiger partial charge in [-0.3, -0.25) is 9.69 Å². The lowest BCUT2D eigenvalue weighted by Gasteiger charge is -2.54. The minimum Gasteiger partial charge on any atom is -0.356 e. The highest BCUT2D eigenvalue weighted by molar-refractivity contribution is 5.77. The van der Waals surface area contributed by atoms with Gasteiger partial charge in [-0.1, -0.05) is 13.8 Å². The lowest BCUT2D eigenvalue weighted by Crippen LogP contribution is -2.58. The van der Waals surface area contributed by atoms with E-state index in [9.17, 15) is 4.79 Å². The topological polar surface area (TPSA) is 32.3 Å². The first kappa shape index (κ1) is 16.5. The normalized spacial score (nSPS) is 23.6. The predicted octanol–water partition coefficient (Wildman–Crippen LogP) is 3.05. The molecular weight excluding hydrogens is 236 g/mol. The molecule has 3 heteroatoms. The Balaban J connectivity index is 2.50. The zero-order valence-corrected chi connectivity index (χ0v) is 13.8. The first-order valence-electron chi connectivity index (χ1n) is 7.58. The standard InChI is InChI=1S/C16H32N2O/c1-12(2)14(19)17-9-8-13-10-15(3,4)18(7)16(5,6)11-13/h12-13H,8-11H2,1-7H3,(H,17,19). The van der Waals surface area contributed by atoms with Gasteiger partial charge in [0.1, 0.15) is 0 Å². The Bertz CT molecular complexity index is 303. The lowest BCUT2D eigenvalue weighted by molar-refractivity contribution is -0.124. The van der Waals surface area contributed by atoms with Crippen molar-refractivity contribution in [2.45, 2.75) is 71.9 Å². The van der Waals surface area contributed by atoms with Crippen LogP contribution in [0.4, 0.5) is 0 Å². The van der Waals surface area contributed by atoms with E-state index in [1.54, 1.807) is 0 Å². The van der Waals surface area contributed by atoms with Crippen LogP contribution in [-0.2, 0) is 4.79 Å². The molecule has 1 fully saturated rings. The SMILES string of the molecule is CC(C)C(=O)NCCC1CC(C)(C)N(C)C(C)(C)C1. The lowest BCUT2D eigenvalue weighted by atomic mass is 9.73. The average Bonchev–Trinajstić information content (AvgIpc) is 2.24. The number of hydrogen-bond acceptors (Lipinski definition) is 2. The van der Waals surface area contributed by atoms with Crippen molar-refractivity contribution in [2.24, 2.45) is 11.8 Å². The number of carbonyl (C=O) groups excluding carboxylic acids is 1. The highest BCUT2D eigenvalue weighted by Crippen LogP contribution is 2.41. The summed E-state index contributed by atoms with van der Waals surface area (Å²) >= 11 is 0. The van der Waals surface area contributed by atoms with E-state index in [2.05, 4.69) is 45.0 Å². The van der Waals surface area contributed by atoms with Crippen molar-refractivity contribution in [1.82, 2.24) is 10.2 Å². The fraction of sp³-hybridized carbons (Fsp3) is 0.938. The summed E-state index contributed by atoms with van der Waals surface area (Å²) in [6.07, 6.45) is 3.52. The van der Waals surface area contributed by atoms with Gasteiger partial charge in [0.2, 0.25) is 5.91 Å². The molecule has 1 heterocycles. The Kier molecular flexibility index (Phi) is 5.05. The summed E-state index contributed by atoms with van der Waals surface area (Å²) in [5.41, 5.74) is 0.489. The Labute approximate surface area is 119 Å². The van der Waals surface area contributed by atoms with Crippen LogP contribution in [0.1, 0.15) is 60.8 Å². The number of amides is 1. The van der Waals surface area contributed by atoms with E-state index in [0.29, 0.717) is 5.92 Å². The molecule has 1 saturated heterocycles. The van der Waals surface area contributed by atoms with E-state index in [-0.39, 0.29) is 22.9 Å². The molecule has 0 unspecified atom stereocenters. The largest absolute Gasteiger partial charge is 0.356 e. The van der Waals surface area contributed by atoms with E-state index in [1.807, 2.05) is 13.8 Å². The quantitative estimate of drug-likeness (QED) is 0.850. The van der Waals surface area contributed by atoms with Crippen LogP contribution < -0.4 is 5.32 Å². The molecular formula is C16H32N2O. The summed E-state index contributed by atoms with van der Waals surface area (Å²) in [6, 6.07) is 0. The number of hydrogen-bond donors (Lipinski definition) is 1. The maximum Gasteiger partial charge on any atom is 0.222 e. The van der Waals surface area contributed by atoms with Gasteiger partial charge >= 0.3 is 0 Å². The molecule has 1 rings (SSSR count). The van der Waals surface area contributed by atoms with Crippen molar-refractivity contribution in [2.75, 3.05) is 13.6 Å². The third-order valence-corrected chi connectivity index (χ3v) is 4.77. The summed E-state index contributed by atoms with van der Waals surface area (Å²) < 4.78 is 0. The minimum atomic E-state index is 0.0883. The fourth-order valence-electron chi connectivity index (χ4n) is 3.39. The van der Waals surface area contributed by atoms with E-state index < -0.39 is 0 Å². The number of likely N-dealkylation sites (tertiary alicyclic amines) is 1. The summed E-state index contributed by atoms with van der Waals surface area (Å²) in [6.45, 7) is 14.0. The van der Waals surface area contributed by atoms with Crippen molar-refractivity contribution in [3.05, 3.63) is 0 Å². The molecule has 19 heavy (non-hydrogen) atoms. The number of carbonyl (C=O) groups is 1. The van der Waals surface area contributed by atoms with E-state index >= 15 is 0 Å². The molecule has 0 aromatic heterocycles. The van der Waals surface area contributed by atoms with Gasteiger partial charge in [-0.25, -0.2) is 0 Å². The van der Waals surface area contributed by atoms with E-state index in [1.165, 1.54) is 12.8 Å². The van der Waals surface area contributed by atoms with E-state index in [4.69, 9.17) is 0 Å². The zero-order chi connectivity index (χ0) is 14.8. The molecule has 0 aromatic rings. The van der Waals surface area contributed by atoms with Crippen LogP contribution in [0.15, 0.2) is 0 Å². The second kappa shape index (κ2) is 5.82. The molecule has 112 valence electrons. The summed E-state index contributed by atoms with van der Waals surface area (Å²) in [5.74, 6) is 0.963. The molecule has 3 nitrogen and oxygen atoms in total. The first-order chi connectivity index (χ1) is 8.56. The third-order valence-electron chi connectivity index (χ3n) is 4.77. The Morgan fingerprint density at radius 1 is 1.21 bits per heavy atom. The molecule has 0 aromatic carbocycles. The molecule has 0 saturated carbocycles. The number of nitrogens with zero attached hydrogens (tertiary/aromatic N) is 1. The number of rotatable bonds is 4. The molecule has 0 radical (unpaired) electrons. The Morgan fingerprint density at radius 2 is 1.68 bits per heavy atom. The maximum absolute atomic E-state index is 11.6. The fourth-order valence-corrected chi connectivity index (χ4v) is 3.39.